The van der Waals surface area contributed by atoms with Gasteiger partial charge in [-0.25, -0.2) is 5.84 Å². The summed E-state index contributed by atoms with van der Waals surface area (Å²) in [7, 11) is 1.50. The number of aldehydes is 1. The van der Waals surface area contributed by atoms with Gasteiger partial charge in [0.25, 0.3) is 5.91 Å². The zero-order valence-electron chi connectivity index (χ0n) is 8.77. The lowest BCUT2D eigenvalue weighted by Gasteiger charge is -2.07. The molecule has 84 valence electrons. The molecule has 1 amide bonds. The van der Waals surface area contributed by atoms with Gasteiger partial charge in [-0.2, -0.15) is 0 Å². The molecular formula is C11H12N2O3. The van der Waals surface area contributed by atoms with Crippen molar-refractivity contribution in [3.63, 3.8) is 0 Å². The summed E-state index contributed by atoms with van der Waals surface area (Å²) in [6, 6.07) is 4.91. The van der Waals surface area contributed by atoms with Gasteiger partial charge in [0.15, 0.2) is 0 Å². The fourth-order valence-corrected chi connectivity index (χ4v) is 1.23. The molecule has 16 heavy (non-hydrogen) atoms. The second-order valence-corrected chi connectivity index (χ2v) is 2.92. The lowest BCUT2D eigenvalue weighted by Crippen LogP contribution is -2.30. The topological polar surface area (TPSA) is 81.4 Å². The van der Waals surface area contributed by atoms with Gasteiger partial charge in [-0.1, -0.05) is 12.1 Å². The van der Waals surface area contributed by atoms with E-state index in [-0.39, 0.29) is 0 Å². The molecule has 1 aromatic rings. The number of carbonyl (C=O) groups excluding carboxylic acids is 2. The van der Waals surface area contributed by atoms with E-state index in [9.17, 15) is 9.59 Å². The average Bonchev–Trinajstić information content (AvgIpc) is 2.35. The molecule has 0 saturated heterocycles. The van der Waals surface area contributed by atoms with Gasteiger partial charge in [0.05, 0.1) is 12.7 Å². The predicted octanol–water partition coefficient (Wildman–Crippen LogP) is 0.511. The van der Waals surface area contributed by atoms with Crippen LogP contribution in [-0.4, -0.2) is 19.3 Å². The second kappa shape index (κ2) is 5.67. The van der Waals surface area contributed by atoms with Crippen molar-refractivity contribution in [1.29, 1.82) is 0 Å². The van der Waals surface area contributed by atoms with E-state index in [1.54, 1.807) is 18.2 Å². The Bertz CT molecular complexity index is 427. The smallest absolute Gasteiger partial charge is 0.265 e. The molecule has 0 spiro atoms. The molecule has 0 aliphatic carbocycles. The highest BCUT2D eigenvalue weighted by molar-refractivity contribution is 5.98. The Kier molecular flexibility index (Phi) is 4.23. The summed E-state index contributed by atoms with van der Waals surface area (Å²) in [5.41, 5.74) is 2.97. The van der Waals surface area contributed by atoms with Crippen molar-refractivity contribution < 1.29 is 14.3 Å². The Morgan fingerprint density at radius 2 is 2.25 bits per heavy atom. The van der Waals surface area contributed by atoms with Crippen molar-refractivity contribution in [2.24, 2.45) is 5.84 Å². The molecule has 0 aromatic heterocycles. The first-order valence-electron chi connectivity index (χ1n) is 4.53. The van der Waals surface area contributed by atoms with E-state index >= 15 is 0 Å². The van der Waals surface area contributed by atoms with Crippen LogP contribution in [0.5, 0.6) is 5.75 Å². The van der Waals surface area contributed by atoms with Crippen molar-refractivity contribution in [2.45, 2.75) is 0 Å². The minimum absolute atomic E-state index is 0.347. The summed E-state index contributed by atoms with van der Waals surface area (Å²) in [5, 5.41) is 0. The molecule has 3 N–H and O–H groups in total. The van der Waals surface area contributed by atoms with Crippen LogP contribution in [0.15, 0.2) is 24.3 Å². The SMILES string of the molecule is COc1ccc(C=CC=O)c(C(=O)NN)c1. The van der Waals surface area contributed by atoms with E-state index in [0.29, 0.717) is 23.2 Å². The van der Waals surface area contributed by atoms with Gasteiger partial charge in [-0.05, 0) is 23.8 Å². The first-order valence-corrected chi connectivity index (χ1v) is 4.53. The van der Waals surface area contributed by atoms with Gasteiger partial charge in [0.2, 0.25) is 0 Å². The van der Waals surface area contributed by atoms with E-state index in [2.05, 4.69) is 0 Å². The number of rotatable bonds is 4. The minimum atomic E-state index is -0.440. The summed E-state index contributed by atoms with van der Waals surface area (Å²) in [5.74, 6) is 5.16. The fourth-order valence-electron chi connectivity index (χ4n) is 1.23. The van der Waals surface area contributed by atoms with Gasteiger partial charge in [-0.3, -0.25) is 15.0 Å². The number of hydrogen-bond donors (Lipinski definition) is 2. The third-order valence-corrected chi connectivity index (χ3v) is 1.99. The average molecular weight is 220 g/mol. The number of carbonyl (C=O) groups is 2. The van der Waals surface area contributed by atoms with Crippen LogP contribution in [0, 0.1) is 0 Å². The number of benzene rings is 1. The third kappa shape index (κ3) is 2.68. The molecule has 1 rings (SSSR count). The summed E-state index contributed by atoms with van der Waals surface area (Å²) >= 11 is 0. The predicted molar refractivity (Wildman–Crippen MR) is 59.7 cm³/mol. The Morgan fingerprint density at radius 1 is 1.50 bits per heavy atom. The highest BCUT2D eigenvalue weighted by atomic mass is 16.5. The highest BCUT2D eigenvalue weighted by Crippen LogP contribution is 2.18. The number of allylic oxidation sites excluding steroid dienone is 1. The standard InChI is InChI=1S/C11H12N2O3/c1-16-9-5-4-8(3-2-6-14)10(7-9)11(15)13-12/h2-7H,12H2,1H3,(H,13,15). The number of methoxy groups -OCH3 is 1. The van der Waals surface area contributed by atoms with Crippen molar-refractivity contribution in [2.75, 3.05) is 7.11 Å². The van der Waals surface area contributed by atoms with Crippen LogP contribution >= 0.6 is 0 Å². The van der Waals surface area contributed by atoms with Gasteiger partial charge < -0.3 is 4.74 Å². The number of hydrazine groups is 1. The molecule has 0 fully saturated rings. The summed E-state index contributed by atoms with van der Waals surface area (Å²) in [6.07, 6.45) is 3.46. The van der Waals surface area contributed by atoms with Crippen LogP contribution in [0.2, 0.25) is 0 Å². The van der Waals surface area contributed by atoms with Gasteiger partial charge >= 0.3 is 0 Å². The Balaban J connectivity index is 3.20. The van der Waals surface area contributed by atoms with Gasteiger partial charge in [0.1, 0.15) is 12.0 Å². The molecule has 0 aliphatic rings. The molecule has 0 radical (unpaired) electrons. The van der Waals surface area contributed by atoms with Gasteiger partial charge in [0, 0.05) is 0 Å². The first kappa shape index (κ1) is 11.9. The number of ether oxygens (including phenoxy) is 1. The van der Waals surface area contributed by atoms with Crippen LogP contribution in [0.25, 0.3) is 6.08 Å². The van der Waals surface area contributed by atoms with Crippen LogP contribution in [0.1, 0.15) is 15.9 Å². The molecule has 0 heterocycles. The monoisotopic (exact) mass is 220 g/mol. The van der Waals surface area contributed by atoms with E-state index in [1.165, 1.54) is 19.3 Å². The van der Waals surface area contributed by atoms with Gasteiger partial charge in [-0.15, -0.1) is 0 Å². The lowest BCUT2D eigenvalue weighted by atomic mass is 10.1. The molecule has 0 unspecified atom stereocenters. The van der Waals surface area contributed by atoms with Crippen LogP contribution in [-0.2, 0) is 4.79 Å². The zero-order valence-corrected chi connectivity index (χ0v) is 8.77. The number of amides is 1. The second-order valence-electron chi connectivity index (χ2n) is 2.92. The van der Waals surface area contributed by atoms with E-state index in [1.807, 2.05) is 5.43 Å². The quantitative estimate of drug-likeness (QED) is 0.255. The van der Waals surface area contributed by atoms with Crippen molar-refractivity contribution in [3.05, 3.63) is 35.4 Å². The normalized spacial score (nSPS) is 10.1. The zero-order chi connectivity index (χ0) is 12.0. The maximum atomic E-state index is 11.5. The number of hydrogen-bond acceptors (Lipinski definition) is 4. The largest absolute Gasteiger partial charge is 0.497 e. The minimum Gasteiger partial charge on any atom is -0.497 e. The summed E-state index contributed by atoms with van der Waals surface area (Å²) in [6.45, 7) is 0. The van der Waals surface area contributed by atoms with Crippen molar-refractivity contribution >= 4 is 18.3 Å². The fraction of sp³-hybridized carbons (Fsp3) is 0.0909. The van der Waals surface area contributed by atoms with E-state index < -0.39 is 5.91 Å². The number of nitrogens with two attached hydrogens (primary N) is 1. The molecule has 1 aromatic carbocycles. The molecule has 0 bridgehead atoms. The molecule has 0 atom stereocenters. The Morgan fingerprint density at radius 3 is 2.81 bits per heavy atom. The molecule has 0 saturated carbocycles. The molecule has 5 nitrogen and oxygen atoms in total. The Labute approximate surface area is 92.9 Å². The lowest BCUT2D eigenvalue weighted by molar-refractivity contribution is -0.104. The number of nitrogens with one attached hydrogen (secondary N) is 1. The maximum absolute atomic E-state index is 11.5. The molecule has 0 aliphatic heterocycles. The molecule has 5 heteroatoms. The van der Waals surface area contributed by atoms with Crippen LogP contribution in [0.4, 0.5) is 0 Å². The van der Waals surface area contributed by atoms with Crippen molar-refractivity contribution in [1.82, 2.24) is 5.43 Å². The van der Waals surface area contributed by atoms with E-state index in [4.69, 9.17) is 10.6 Å². The number of nitrogen functional groups attached to an aromatic ring is 1. The van der Waals surface area contributed by atoms with Crippen LogP contribution in [0.3, 0.4) is 0 Å². The summed E-state index contributed by atoms with van der Waals surface area (Å²) in [4.78, 5) is 21.7. The maximum Gasteiger partial charge on any atom is 0.265 e. The highest BCUT2D eigenvalue weighted by Gasteiger charge is 2.09. The summed E-state index contributed by atoms with van der Waals surface area (Å²) < 4.78 is 4.99. The van der Waals surface area contributed by atoms with Crippen LogP contribution < -0.4 is 16.0 Å². The molecular weight excluding hydrogens is 208 g/mol. The first-order chi connectivity index (χ1) is 7.72. The third-order valence-electron chi connectivity index (χ3n) is 1.99. The Hall–Kier alpha value is -2.14. The van der Waals surface area contributed by atoms with Crippen molar-refractivity contribution in [3.8, 4) is 5.75 Å². The van der Waals surface area contributed by atoms with E-state index in [0.717, 1.165) is 0 Å².